The summed E-state index contributed by atoms with van der Waals surface area (Å²) >= 11 is 0. The number of likely N-dealkylation sites (N-methyl/N-ethyl adjacent to an activating group) is 1. The van der Waals surface area contributed by atoms with Gasteiger partial charge < -0.3 is 9.64 Å². The molecule has 0 unspecified atom stereocenters. The monoisotopic (exact) mass is 266 g/mol. The van der Waals surface area contributed by atoms with Gasteiger partial charge in [0.2, 0.25) is 10.0 Å². The Bertz CT molecular complexity index is 316. The van der Waals surface area contributed by atoms with Gasteiger partial charge in [-0.05, 0) is 20.0 Å². The van der Waals surface area contributed by atoms with Crippen LogP contribution in [0.5, 0.6) is 0 Å². The van der Waals surface area contributed by atoms with Crippen LogP contribution in [0.4, 0.5) is 0 Å². The molecule has 0 saturated carbocycles. The number of nitrogens with zero attached hydrogens (tertiary/aromatic N) is 1. The Labute approximate surface area is 103 Å². The number of ether oxygens (including phenoxy) is 1. The van der Waals surface area contributed by atoms with Gasteiger partial charge in [0, 0.05) is 19.5 Å². The summed E-state index contributed by atoms with van der Waals surface area (Å²) in [4.78, 5) is 12.8. The van der Waals surface area contributed by atoms with E-state index in [9.17, 15) is 13.2 Å². The van der Waals surface area contributed by atoms with Gasteiger partial charge in [-0.25, -0.2) is 13.1 Å². The van der Waals surface area contributed by atoms with Crippen molar-refractivity contribution in [3.8, 4) is 0 Å². The summed E-state index contributed by atoms with van der Waals surface area (Å²) in [6.45, 7) is 3.95. The first-order valence-corrected chi connectivity index (χ1v) is 7.29. The van der Waals surface area contributed by atoms with Crippen LogP contribution < -0.4 is 4.72 Å². The van der Waals surface area contributed by atoms with Crippen LogP contribution in [0.3, 0.4) is 0 Å². The van der Waals surface area contributed by atoms with Crippen LogP contribution in [0.2, 0.25) is 0 Å². The molecule has 0 aliphatic heterocycles. The molecule has 0 spiro atoms. The van der Waals surface area contributed by atoms with Crippen LogP contribution in [-0.4, -0.2) is 58.8 Å². The fourth-order valence-corrected chi connectivity index (χ4v) is 2.20. The second-order valence-electron chi connectivity index (χ2n) is 3.79. The van der Waals surface area contributed by atoms with Gasteiger partial charge in [0.15, 0.2) is 0 Å². The quantitative estimate of drug-likeness (QED) is 0.585. The van der Waals surface area contributed by atoms with Gasteiger partial charge in [0.25, 0.3) is 0 Å². The van der Waals surface area contributed by atoms with E-state index >= 15 is 0 Å². The molecule has 0 fully saturated rings. The molecule has 6 nitrogen and oxygen atoms in total. The number of sulfonamides is 1. The van der Waals surface area contributed by atoms with Crippen molar-refractivity contribution in [2.24, 2.45) is 0 Å². The molecule has 0 aromatic rings. The molecule has 0 amide bonds. The normalized spacial score (nSPS) is 11.8. The largest absolute Gasteiger partial charge is 0.469 e. The summed E-state index contributed by atoms with van der Waals surface area (Å²) in [5, 5.41) is 0. The van der Waals surface area contributed by atoms with Crippen LogP contribution in [0.25, 0.3) is 0 Å². The third-order valence-corrected chi connectivity index (χ3v) is 3.85. The summed E-state index contributed by atoms with van der Waals surface area (Å²) in [6.07, 6.45) is 0.415. The Morgan fingerprint density at radius 2 is 2.06 bits per heavy atom. The SMILES string of the molecule is CCN(C)CCNS(=O)(=O)CCCC(=O)OC. The predicted octanol–water partition coefficient (Wildman–Crippen LogP) is -0.189. The molecule has 7 heteroatoms. The standard InChI is InChI=1S/C10H22N2O4S/c1-4-12(2)8-7-11-17(14,15)9-5-6-10(13)16-3/h11H,4-9H2,1-3H3. The van der Waals surface area contributed by atoms with Crippen molar-refractivity contribution >= 4 is 16.0 Å². The molecular weight excluding hydrogens is 244 g/mol. The summed E-state index contributed by atoms with van der Waals surface area (Å²) in [5.74, 6) is -0.427. The van der Waals surface area contributed by atoms with Gasteiger partial charge in [-0.15, -0.1) is 0 Å². The number of esters is 1. The molecule has 0 rings (SSSR count). The topological polar surface area (TPSA) is 75.7 Å². The van der Waals surface area contributed by atoms with Crippen LogP contribution in [0, 0.1) is 0 Å². The first kappa shape index (κ1) is 16.3. The van der Waals surface area contributed by atoms with E-state index in [1.165, 1.54) is 7.11 Å². The zero-order valence-corrected chi connectivity index (χ0v) is 11.5. The second kappa shape index (κ2) is 8.43. The molecule has 0 heterocycles. The van der Waals surface area contributed by atoms with Crippen molar-refractivity contribution in [2.75, 3.05) is 39.5 Å². The lowest BCUT2D eigenvalue weighted by Gasteiger charge is -2.14. The summed E-state index contributed by atoms with van der Waals surface area (Å²) in [5.41, 5.74) is 0. The van der Waals surface area contributed by atoms with Gasteiger partial charge in [-0.3, -0.25) is 4.79 Å². The molecule has 0 radical (unpaired) electrons. The molecule has 0 aromatic heterocycles. The number of nitrogens with one attached hydrogen (secondary N) is 1. The van der Waals surface area contributed by atoms with E-state index in [4.69, 9.17) is 0 Å². The number of hydrogen-bond donors (Lipinski definition) is 1. The summed E-state index contributed by atoms with van der Waals surface area (Å²) < 4.78 is 29.9. The van der Waals surface area contributed by atoms with E-state index < -0.39 is 10.0 Å². The van der Waals surface area contributed by atoms with Gasteiger partial charge in [0.05, 0.1) is 12.9 Å². The zero-order chi connectivity index (χ0) is 13.3. The first-order chi connectivity index (χ1) is 7.91. The van der Waals surface area contributed by atoms with Crippen LogP contribution >= 0.6 is 0 Å². The maximum Gasteiger partial charge on any atom is 0.305 e. The molecule has 1 N–H and O–H groups in total. The molecule has 0 aliphatic carbocycles. The van der Waals surface area contributed by atoms with E-state index in [0.29, 0.717) is 13.1 Å². The van der Waals surface area contributed by atoms with Crippen molar-refractivity contribution < 1.29 is 17.9 Å². The average Bonchev–Trinajstić information content (AvgIpc) is 2.27. The molecular formula is C10H22N2O4S. The zero-order valence-electron chi connectivity index (χ0n) is 10.7. The lowest BCUT2D eigenvalue weighted by Crippen LogP contribution is -2.34. The third-order valence-electron chi connectivity index (χ3n) is 2.38. The summed E-state index contributed by atoms with van der Waals surface area (Å²) in [7, 11) is -0.0643. The van der Waals surface area contributed by atoms with E-state index in [1.807, 2.05) is 18.9 Å². The number of carbonyl (C=O) groups is 1. The average molecular weight is 266 g/mol. The summed E-state index contributed by atoms with van der Waals surface area (Å²) in [6, 6.07) is 0. The maximum atomic E-state index is 11.5. The predicted molar refractivity (Wildman–Crippen MR) is 66.2 cm³/mol. The van der Waals surface area contributed by atoms with Crippen molar-refractivity contribution in [3.63, 3.8) is 0 Å². The highest BCUT2D eigenvalue weighted by atomic mass is 32.2. The Kier molecular flexibility index (Phi) is 8.11. The fraction of sp³-hybridized carbons (Fsp3) is 0.900. The Morgan fingerprint density at radius 3 is 2.59 bits per heavy atom. The van der Waals surface area contributed by atoms with Crippen molar-refractivity contribution in [1.82, 2.24) is 9.62 Å². The minimum absolute atomic E-state index is 0.0437. The first-order valence-electron chi connectivity index (χ1n) is 5.64. The molecule has 0 atom stereocenters. The lowest BCUT2D eigenvalue weighted by molar-refractivity contribution is -0.140. The van der Waals surface area contributed by atoms with Gasteiger partial charge >= 0.3 is 5.97 Å². The Balaban J connectivity index is 3.77. The molecule has 0 aliphatic rings. The molecule has 0 saturated heterocycles. The highest BCUT2D eigenvalue weighted by Gasteiger charge is 2.11. The minimum atomic E-state index is -3.27. The number of rotatable bonds is 9. The van der Waals surface area contributed by atoms with Crippen LogP contribution in [0.15, 0.2) is 0 Å². The van der Waals surface area contributed by atoms with E-state index in [1.54, 1.807) is 0 Å². The van der Waals surface area contributed by atoms with Crippen LogP contribution in [-0.2, 0) is 19.6 Å². The highest BCUT2D eigenvalue weighted by Crippen LogP contribution is 1.96. The van der Waals surface area contributed by atoms with E-state index in [2.05, 4.69) is 9.46 Å². The molecule has 0 aromatic carbocycles. The highest BCUT2D eigenvalue weighted by molar-refractivity contribution is 7.89. The van der Waals surface area contributed by atoms with Gasteiger partial charge in [-0.1, -0.05) is 6.92 Å². The minimum Gasteiger partial charge on any atom is -0.469 e. The molecule has 0 bridgehead atoms. The van der Waals surface area contributed by atoms with E-state index in [0.717, 1.165) is 6.54 Å². The van der Waals surface area contributed by atoms with Crippen molar-refractivity contribution in [1.29, 1.82) is 0 Å². The maximum absolute atomic E-state index is 11.5. The number of hydrogen-bond acceptors (Lipinski definition) is 5. The smallest absolute Gasteiger partial charge is 0.305 e. The fourth-order valence-electron chi connectivity index (χ4n) is 1.13. The number of methoxy groups -OCH3 is 1. The third kappa shape index (κ3) is 9.08. The lowest BCUT2D eigenvalue weighted by atomic mass is 10.3. The number of carbonyl (C=O) groups excluding carboxylic acids is 1. The van der Waals surface area contributed by atoms with E-state index in [-0.39, 0.29) is 24.6 Å². The van der Waals surface area contributed by atoms with Crippen molar-refractivity contribution in [2.45, 2.75) is 19.8 Å². The van der Waals surface area contributed by atoms with Gasteiger partial charge in [0.1, 0.15) is 0 Å². The van der Waals surface area contributed by atoms with Crippen LogP contribution in [0.1, 0.15) is 19.8 Å². The Morgan fingerprint density at radius 1 is 1.41 bits per heavy atom. The second-order valence-corrected chi connectivity index (χ2v) is 5.72. The molecule has 102 valence electrons. The Hall–Kier alpha value is -0.660. The van der Waals surface area contributed by atoms with Crippen molar-refractivity contribution in [3.05, 3.63) is 0 Å². The van der Waals surface area contributed by atoms with Gasteiger partial charge in [-0.2, -0.15) is 0 Å². The molecule has 17 heavy (non-hydrogen) atoms.